The summed E-state index contributed by atoms with van der Waals surface area (Å²) < 4.78 is 0. The van der Waals surface area contributed by atoms with Crippen molar-refractivity contribution in [3.05, 3.63) is 61.6 Å². The molecule has 0 atom stereocenters. The Balaban J connectivity index is 2.15. The second kappa shape index (κ2) is 5.75. The van der Waals surface area contributed by atoms with Gasteiger partial charge in [-0.25, -0.2) is 4.98 Å². The van der Waals surface area contributed by atoms with Crippen molar-refractivity contribution < 1.29 is 9.72 Å². The van der Waals surface area contributed by atoms with E-state index in [0.29, 0.717) is 4.88 Å². The van der Waals surface area contributed by atoms with Gasteiger partial charge in [0.25, 0.3) is 5.69 Å². The molecule has 0 unspecified atom stereocenters. The fourth-order valence-corrected chi connectivity index (χ4v) is 2.55. The minimum Gasteiger partial charge on any atom is -0.288 e. The van der Waals surface area contributed by atoms with Crippen LogP contribution in [0.25, 0.3) is 6.08 Å². The van der Waals surface area contributed by atoms with Gasteiger partial charge in [0, 0.05) is 12.1 Å². The van der Waals surface area contributed by atoms with Crippen LogP contribution in [0.4, 0.5) is 5.69 Å². The molecule has 20 heavy (non-hydrogen) atoms. The van der Waals surface area contributed by atoms with Gasteiger partial charge in [-0.1, -0.05) is 6.08 Å². The predicted molar refractivity (Wildman–Crippen MR) is 78.0 cm³/mol. The zero-order chi connectivity index (χ0) is 14.7. The largest absolute Gasteiger partial charge is 0.288 e. The van der Waals surface area contributed by atoms with Crippen LogP contribution in [-0.4, -0.2) is 15.7 Å². The summed E-state index contributed by atoms with van der Waals surface area (Å²) in [6, 6.07) is 6.03. The minimum absolute atomic E-state index is 0.0300. The van der Waals surface area contributed by atoms with Crippen LogP contribution in [0.3, 0.4) is 0 Å². The summed E-state index contributed by atoms with van der Waals surface area (Å²) in [5, 5.41) is 11.4. The molecule has 0 radical (unpaired) electrons. The summed E-state index contributed by atoms with van der Waals surface area (Å²) in [6.45, 7) is 3.66. The molecule has 2 rings (SSSR count). The van der Waals surface area contributed by atoms with E-state index in [0.717, 1.165) is 16.3 Å². The van der Waals surface area contributed by atoms with Gasteiger partial charge in [0.05, 0.1) is 20.5 Å². The van der Waals surface area contributed by atoms with Crippen molar-refractivity contribution in [3.8, 4) is 0 Å². The lowest BCUT2D eigenvalue weighted by atomic mass is 10.1. The summed E-state index contributed by atoms with van der Waals surface area (Å²) in [4.78, 5) is 26.9. The van der Waals surface area contributed by atoms with Crippen LogP contribution in [0.15, 0.2) is 30.3 Å². The van der Waals surface area contributed by atoms with Crippen molar-refractivity contribution in [2.75, 3.05) is 0 Å². The maximum absolute atomic E-state index is 12.0. The molecule has 0 aliphatic heterocycles. The van der Waals surface area contributed by atoms with E-state index >= 15 is 0 Å². The lowest BCUT2D eigenvalue weighted by Gasteiger charge is -1.94. The van der Waals surface area contributed by atoms with Gasteiger partial charge in [0.15, 0.2) is 5.78 Å². The van der Waals surface area contributed by atoms with Gasteiger partial charge in [-0.15, -0.1) is 11.3 Å². The van der Waals surface area contributed by atoms with E-state index in [2.05, 4.69) is 4.98 Å². The summed E-state index contributed by atoms with van der Waals surface area (Å²) in [6.07, 6.45) is 3.10. The van der Waals surface area contributed by atoms with Gasteiger partial charge in [0.1, 0.15) is 0 Å². The number of nitro benzene ring substituents is 1. The van der Waals surface area contributed by atoms with E-state index in [4.69, 9.17) is 0 Å². The van der Waals surface area contributed by atoms with Crippen molar-refractivity contribution in [1.29, 1.82) is 0 Å². The third-order valence-electron chi connectivity index (χ3n) is 2.66. The third-order valence-corrected chi connectivity index (χ3v) is 3.75. The molecule has 0 N–H and O–H groups in total. The fourth-order valence-electron chi connectivity index (χ4n) is 1.71. The molecule has 0 fully saturated rings. The molecule has 2 aromatic rings. The SMILES string of the molecule is Cc1nc(C)c(C(=O)C=Cc2ccc([N+](=O)[O-])cc2)s1. The number of nitro groups is 1. The highest BCUT2D eigenvalue weighted by Crippen LogP contribution is 2.19. The average Bonchev–Trinajstić information content (AvgIpc) is 2.75. The van der Waals surface area contributed by atoms with Crippen LogP contribution >= 0.6 is 11.3 Å². The molecule has 102 valence electrons. The van der Waals surface area contributed by atoms with Crippen molar-refractivity contribution in [3.63, 3.8) is 0 Å². The predicted octanol–water partition coefficient (Wildman–Crippen LogP) is 3.56. The van der Waals surface area contributed by atoms with E-state index in [9.17, 15) is 14.9 Å². The number of thiazole rings is 1. The Morgan fingerprint density at radius 1 is 1.30 bits per heavy atom. The highest BCUT2D eigenvalue weighted by atomic mass is 32.1. The van der Waals surface area contributed by atoms with Crippen molar-refractivity contribution >= 4 is 28.9 Å². The standard InChI is InChI=1S/C14H12N2O3S/c1-9-14(20-10(2)15-9)13(17)8-5-11-3-6-12(7-4-11)16(18)19/h3-8H,1-2H3. The smallest absolute Gasteiger partial charge is 0.269 e. The number of ketones is 1. The molecule has 0 spiro atoms. The maximum Gasteiger partial charge on any atom is 0.269 e. The Morgan fingerprint density at radius 2 is 1.95 bits per heavy atom. The highest BCUT2D eigenvalue weighted by Gasteiger charge is 2.10. The topological polar surface area (TPSA) is 73.1 Å². The van der Waals surface area contributed by atoms with Gasteiger partial charge in [-0.05, 0) is 37.6 Å². The molecule has 1 aromatic carbocycles. The normalized spacial score (nSPS) is 10.9. The van der Waals surface area contributed by atoms with Crippen LogP contribution in [0.2, 0.25) is 0 Å². The average molecular weight is 288 g/mol. The molecule has 0 saturated carbocycles. The lowest BCUT2D eigenvalue weighted by Crippen LogP contribution is -1.93. The zero-order valence-corrected chi connectivity index (χ0v) is 11.8. The Bertz CT molecular complexity index is 687. The van der Waals surface area contributed by atoms with Crippen LogP contribution < -0.4 is 0 Å². The van der Waals surface area contributed by atoms with E-state index < -0.39 is 4.92 Å². The second-order valence-corrected chi connectivity index (χ2v) is 5.40. The minimum atomic E-state index is -0.456. The van der Waals surface area contributed by atoms with Crippen LogP contribution in [0.5, 0.6) is 0 Å². The Kier molecular flexibility index (Phi) is 4.05. The first-order valence-corrected chi connectivity index (χ1v) is 6.70. The summed E-state index contributed by atoms with van der Waals surface area (Å²) >= 11 is 1.36. The van der Waals surface area contributed by atoms with Gasteiger partial charge in [0.2, 0.25) is 0 Å². The molecule has 0 saturated heterocycles. The van der Waals surface area contributed by atoms with E-state index in [1.807, 2.05) is 6.92 Å². The summed E-state index contributed by atoms with van der Waals surface area (Å²) in [7, 11) is 0. The highest BCUT2D eigenvalue weighted by molar-refractivity contribution is 7.13. The first kappa shape index (κ1) is 14.1. The Labute approximate surface area is 119 Å². The number of rotatable bonds is 4. The zero-order valence-electron chi connectivity index (χ0n) is 11.0. The number of aromatic nitrogens is 1. The summed E-state index contributed by atoms with van der Waals surface area (Å²) in [5.74, 6) is -0.105. The number of carbonyl (C=O) groups excluding carboxylic acids is 1. The number of hydrogen-bond donors (Lipinski definition) is 0. The Hall–Kier alpha value is -2.34. The first-order chi connectivity index (χ1) is 9.47. The van der Waals surface area contributed by atoms with Crippen molar-refractivity contribution in [1.82, 2.24) is 4.98 Å². The van der Waals surface area contributed by atoms with Crippen LogP contribution in [0.1, 0.15) is 25.9 Å². The van der Waals surface area contributed by atoms with Gasteiger partial charge in [-0.2, -0.15) is 0 Å². The Morgan fingerprint density at radius 3 is 2.45 bits per heavy atom. The number of allylic oxidation sites excluding steroid dienone is 1. The molecule has 0 bridgehead atoms. The molecule has 0 aliphatic carbocycles. The maximum atomic E-state index is 12.0. The summed E-state index contributed by atoms with van der Waals surface area (Å²) in [5.41, 5.74) is 1.50. The number of benzene rings is 1. The lowest BCUT2D eigenvalue weighted by molar-refractivity contribution is -0.384. The van der Waals surface area contributed by atoms with Gasteiger partial charge < -0.3 is 0 Å². The number of carbonyl (C=O) groups is 1. The monoisotopic (exact) mass is 288 g/mol. The van der Waals surface area contributed by atoms with Crippen molar-refractivity contribution in [2.24, 2.45) is 0 Å². The molecule has 1 aromatic heterocycles. The molecule has 1 heterocycles. The third kappa shape index (κ3) is 3.16. The molecule has 0 aliphatic rings. The molecular weight excluding hydrogens is 276 g/mol. The fraction of sp³-hybridized carbons (Fsp3) is 0.143. The van der Waals surface area contributed by atoms with E-state index in [-0.39, 0.29) is 11.5 Å². The van der Waals surface area contributed by atoms with E-state index in [1.54, 1.807) is 25.1 Å². The van der Waals surface area contributed by atoms with Crippen LogP contribution in [-0.2, 0) is 0 Å². The van der Waals surface area contributed by atoms with E-state index in [1.165, 1.54) is 29.5 Å². The molecule has 6 heteroatoms. The number of non-ortho nitro benzene ring substituents is 1. The second-order valence-electron chi connectivity index (χ2n) is 4.19. The van der Waals surface area contributed by atoms with Gasteiger partial charge in [-0.3, -0.25) is 14.9 Å². The van der Waals surface area contributed by atoms with Crippen LogP contribution in [0, 0.1) is 24.0 Å². The quantitative estimate of drug-likeness (QED) is 0.373. The molecule has 5 nitrogen and oxygen atoms in total. The first-order valence-electron chi connectivity index (χ1n) is 5.88. The number of nitrogens with zero attached hydrogens (tertiary/aromatic N) is 2. The number of hydrogen-bond acceptors (Lipinski definition) is 5. The molecular formula is C14H12N2O3S. The number of aryl methyl sites for hydroxylation is 2. The van der Waals surface area contributed by atoms with Crippen molar-refractivity contribution in [2.45, 2.75) is 13.8 Å². The molecule has 0 amide bonds. The van der Waals surface area contributed by atoms with Gasteiger partial charge >= 0.3 is 0 Å².